The summed E-state index contributed by atoms with van der Waals surface area (Å²) in [5.41, 5.74) is 8.22. The van der Waals surface area contributed by atoms with Gasteiger partial charge in [0.2, 0.25) is 5.91 Å². The summed E-state index contributed by atoms with van der Waals surface area (Å²) in [5, 5.41) is 11.1. The number of halogens is 2. The molecule has 2 aromatic rings. The molecule has 0 saturated heterocycles. The lowest BCUT2D eigenvalue weighted by Crippen LogP contribution is -2.40. The monoisotopic (exact) mass is 392 g/mol. The molecule has 0 radical (unpaired) electrons. The standard InChI is InChI=1S/C14H17ClN4OS2.ClH/c1-3-8(2)12(16)13(20)18-9-4-5-11(10(15)6-9)22-14-19-17-7-21-14;/h4-8,12H,3,16H2,1-2H3,(H,18,20);1H. The number of carbonyl (C=O) groups is 1. The molecule has 0 aliphatic heterocycles. The maximum atomic E-state index is 12.1. The zero-order chi connectivity index (χ0) is 16.1. The Morgan fingerprint density at radius 3 is 2.83 bits per heavy atom. The molecule has 0 spiro atoms. The molecule has 2 atom stereocenters. The molecule has 0 aliphatic carbocycles. The van der Waals surface area contributed by atoms with Crippen molar-refractivity contribution in [3.05, 3.63) is 28.7 Å². The third-order valence-electron chi connectivity index (χ3n) is 3.30. The third-order valence-corrected chi connectivity index (χ3v) is 5.58. The number of anilines is 1. The highest BCUT2D eigenvalue weighted by molar-refractivity contribution is 8.01. The first-order chi connectivity index (χ1) is 10.5. The molecule has 0 aliphatic rings. The average molecular weight is 393 g/mol. The van der Waals surface area contributed by atoms with Gasteiger partial charge in [-0.05, 0) is 24.1 Å². The van der Waals surface area contributed by atoms with Crippen LogP contribution in [0, 0.1) is 5.92 Å². The van der Waals surface area contributed by atoms with Gasteiger partial charge in [-0.3, -0.25) is 4.79 Å². The normalized spacial score (nSPS) is 13.0. The topological polar surface area (TPSA) is 80.9 Å². The van der Waals surface area contributed by atoms with E-state index in [1.807, 2.05) is 19.9 Å². The Morgan fingerprint density at radius 2 is 2.26 bits per heavy atom. The highest BCUT2D eigenvalue weighted by atomic mass is 35.5. The summed E-state index contributed by atoms with van der Waals surface area (Å²) >= 11 is 9.14. The van der Waals surface area contributed by atoms with Crippen molar-refractivity contribution in [2.75, 3.05) is 5.32 Å². The third kappa shape index (κ3) is 5.61. The minimum atomic E-state index is -0.528. The number of aromatic nitrogens is 2. The Kier molecular flexibility index (Phi) is 8.28. The minimum Gasteiger partial charge on any atom is -0.325 e. The minimum absolute atomic E-state index is 0. The molecule has 0 bridgehead atoms. The number of hydrogen-bond acceptors (Lipinski definition) is 6. The van der Waals surface area contributed by atoms with Crippen LogP contribution in [0.25, 0.3) is 0 Å². The molecular weight excluding hydrogens is 375 g/mol. The van der Waals surface area contributed by atoms with E-state index in [4.69, 9.17) is 17.3 Å². The summed E-state index contributed by atoms with van der Waals surface area (Å²) in [6, 6.07) is 4.83. The van der Waals surface area contributed by atoms with Gasteiger partial charge in [0.05, 0.1) is 11.1 Å². The van der Waals surface area contributed by atoms with Gasteiger partial charge in [-0.2, -0.15) is 0 Å². The summed E-state index contributed by atoms with van der Waals surface area (Å²) in [5.74, 6) is -0.0716. The molecule has 2 rings (SSSR count). The lowest BCUT2D eigenvalue weighted by Gasteiger charge is -2.18. The van der Waals surface area contributed by atoms with Crippen LogP contribution in [-0.2, 0) is 4.79 Å². The SMILES string of the molecule is CCC(C)C(N)C(=O)Nc1ccc(Sc2nncs2)c(Cl)c1.Cl. The molecule has 126 valence electrons. The molecule has 1 amide bonds. The fourth-order valence-corrected chi connectivity index (χ4v) is 3.44. The van der Waals surface area contributed by atoms with E-state index in [1.165, 1.54) is 23.1 Å². The fourth-order valence-electron chi connectivity index (χ4n) is 1.70. The summed E-state index contributed by atoms with van der Waals surface area (Å²) in [7, 11) is 0. The second-order valence-corrected chi connectivity index (χ2v) is 7.38. The van der Waals surface area contributed by atoms with Crippen LogP contribution in [0.1, 0.15) is 20.3 Å². The highest BCUT2D eigenvalue weighted by Crippen LogP contribution is 2.35. The molecular formula is C14H18Cl2N4OS2. The first-order valence-electron chi connectivity index (χ1n) is 6.81. The van der Waals surface area contributed by atoms with E-state index in [0.29, 0.717) is 10.7 Å². The molecule has 2 unspecified atom stereocenters. The van der Waals surface area contributed by atoms with E-state index in [9.17, 15) is 4.79 Å². The number of nitrogens with two attached hydrogens (primary N) is 1. The van der Waals surface area contributed by atoms with Crippen LogP contribution in [-0.4, -0.2) is 22.1 Å². The molecule has 1 aromatic carbocycles. The Bertz CT molecular complexity index is 640. The van der Waals surface area contributed by atoms with Gasteiger partial charge < -0.3 is 11.1 Å². The van der Waals surface area contributed by atoms with Gasteiger partial charge >= 0.3 is 0 Å². The van der Waals surface area contributed by atoms with Crippen molar-refractivity contribution in [3.8, 4) is 0 Å². The number of carbonyl (C=O) groups excluding carboxylic acids is 1. The zero-order valence-corrected chi connectivity index (χ0v) is 15.9. The van der Waals surface area contributed by atoms with Gasteiger partial charge in [-0.1, -0.05) is 55.0 Å². The predicted molar refractivity (Wildman–Crippen MR) is 98.8 cm³/mol. The van der Waals surface area contributed by atoms with E-state index in [0.717, 1.165) is 15.7 Å². The van der Waals surface area contributed by atoms with E-state index in [1.54, 1.807) is 17.6 Å². The first kappa shape index (κ1) is 20.2. The molecule has 1 heterocycles. The number of nitrogens with zero attached hydrogens (tertiary/aromatic N) is 2. The van der Waals surface area contributed by atoms with Gasteiger partial charge in [0, 0.05) is 10.6 Å². The van der Waals surface area contributed by atoms with Crippen LogP contribution in [0.15, 0.2) is 32.9 Å². The first-order valence-corrected chi connectivity index (χ1v) is 8.88. The smallest absolute Gasteiger partial charge is 0.241 e. The van der Waals surface area contributed by atoms with Crippen molar-refractivity contribution in [2.45, 2.75) is 35.5 Å². The van der Waals surface area contributed by atoms with Crippen LogP contribution in [0.3, 0.4) is 0 Å². The Morgan fingerprint density at radius 1 is 1.52 bits per heavy atom. The zero-order valence-electron chi connectivity index (χ0n) is 12.7. The van der Waals surface area contributed by atoms with Gasteiger partial charge in [0.15, 0.2) is 4.34 Å². The van der Waals surface area contributed by atoms with Gasteiger partial charge in [-0.25, -0.2) is 0 Å². The molecule has 0 fully saturated rings. The van der Waals surface area contributed by atoms with Crippen molar-refractivity contribution in [1.82, 2.24) is 10.2 Å². The van der Waals surface area contributed by atoms with E-state index in [-0.39, 0.29) is 24.2 Å². The van der Waals surface area contributed by atoms with E-state index < -0.39 is 6.04 Å². The van der Waals surface area contributed by atoms with Crippen LogP contribution < -0.4 is 11.1 Å². The second kappa shape index (κ2) is 9.44. The lowest BCUT2D eigenvalue weighted by atomic mass is 9.99. The van der Waals surface area contributed by atoms with Crippen LogP contribution in [0.5, 0.6) is 0 Å². The average Bonchev–Trinajstić information content (AvgIpc) is 3.01. The van der Waals surface area contributed by atoms with Crippen molar-refractivity contribution in [3.63, 3.8) is 0 Å². The number of hydrogen-bond donors (Lipinski definition) is 2. The summed E-state index contributed by atoms with van der Waals surface area (Å²) in [6.07, 6.45) is 0.854. The second-order valence-electron chi connectivity index (χ2n) is 4.85. The number of amides is 1. The number of nitrogens with one attached hydrogen (secondary N) is 1. The number of rotatable bonds is 6. The van der Waals surface area contributed by atoms with Gasteiger partial charge in [-0.15, -0.1) is 22.6 Å². The quantitative estimate of drug-likeness (QED) is 0.773. The van der Waals surface area contributed by atoms with Crippen LogP contribution in [0.4, 0.5) is 5.69 Å². The summed E-state index contributed by atoms with van der Waals surface area (Å²) < 4.78 is 0.817. The summed E-state index contributed by atoms with van der Waals surface area (Å²) in [6.45, 7) is 3.97. The van der Waals surface area contributed by atoms with E-state index in [2.05, 4.69) is 15.5 Å². The van der Waals surface area contributed by atoms with Crippen molar-refractivity contribution >= 4 is 58.7 Å². The Balaban J connectivity index is 0.00000264. The highest BCUT2D eigenvalue weighted by Gasteiger charge is 2.19. The Labute approximate surface area is 154 Å². The number of benzene rings is 1. The summed E-state index contributed by atoms with van der Waals surface area (Å²) in [4.78, 5) is 12.9. The van der Waals surface area contributed by atoms with Crippen molar-refractivity contribution in [1.29, 1.82) is 0 Å². The van der Waals surface area contributed by atoms with Crippen molar-refractivity contribution < 1.29 is 4.79 Å². The van der Waals surface area contributed by atoms with Crippen LogP contribution in [0.2, 0.25) is 5.02 Å². The molecule has 5 nitrogen and oxygen atoms in total. The predicted octanol–water partition coefficient (Wildman–Crippen LogP) is 4.08. The fraction of sp³-hybridized carbons (Fsp3) is 0.357. The van der Waals surface area contributed by atoms with Crippen LogP contribution >= 0.6 is 47.1 Å². The molecule has 9 heteroatoms. The molecule has 0 saturated carbocycles. The maximum absolute atomic E-state index is 12.1. The van der Waals surface area contributed by atoms with Crippen molar-refractivity contribution in [2.24, 2.45) is 11.7 Å². The van der Waals surface area contributed by atoms with E-state index >= 15 is 0 Å². The van der Waals surface area contributed by atoms with Gasteiger partial charge in [0.25, 0.3) is 0 Å². The Hall–Kier alpha value is -0.860. The molecule has 3 N–H and O–H groups in total. The maximum Gasteiger partial charge on any atom is 0.241 e. The van der Waals surface area contributed by atoms with Gasteiger partial charge in [0.1, 0.15) is 5.51 Å². The lowest BCUT2D eigenvalue weighted by molar-refractivity contribution is -0.118. The largest absolute Gasteiger partial charge is 0.325 e. The molecule has 23 heavy (non-hydrogen) atoms. The molecule has 1 aromatic heterocycles.